The van der Waals surface area contributed by atoms with Crippen LogP contribution in [0.4, 0.5) is 17.6 Å². The Labute approximate surface area is 170 Å². The maximum Gasteiger partial charge on any atom is 0.203 e. The molecule has 0 fully saturated rings. The molecule has 4 unspecified atom stereocenters. The third kappa shape index (κ3) is 7.65. The Hall–Kier alpha value is -0.630. The number of benzene rings is 1. The molecule has 0 N–H and O–H groups in total. The van der Waals surface area contributed by atoms with Crippen molar-refractivity contribution in [3.8, 4) is 0 Å². The van der Waals surface area contributed by atoms with Gasteiger partial charge in [0.25, 0.3) is 0 Å². The number of rotatable bonds is 13. The topological polar surface area (TPSA) is 0 Å². The molecule has 0 amide bonds. The SMILES string of the molecule is CCCC(C)C[PH+](CC(C)CCC(CC)CCC)c1cc(F)c(F)c(F)c1F. The van der Waals surface area contributed by atoms with Crippen LogP contribution in [0.25, 0.3) is 0 Å². The molecule has 0 aliphatic carbocycles. The molecule has 1 aromatic rings. The summed E-state index contributed by atoms with van der Waals surface area (Å²) in [6.07, 6.45) is 9.30. The minimum atomic E-state index is -1.71. The second kappa shape index (κ2) is 12.8. The predicted octanol–water partition coefficient (Wildman–Crippen LogP) is 7.76. The standard InChI is InChI=1S/C23H37F4P/c1-6-9-16(4)14-28(15-17(5)11-12-18(8-3)10-7-2)20-13-19(24)21(25)23(27)22(20)26/h13,16-18H,6-12,14-15H2,1-5H3/p+1. The highest BCUT2D eigenvalue weighted by molar-refractivity contribution is 7.65. The molecule has 5 heteroatoms. The van der Waals surface area contributed by atoms with Crippen molar-refractivity contribution in [3.63, 3.8) is 0 Å². The van der Waals surface area contributed by atoms with E-state index in [0.717, 1.165) is 50.5 Å². The van der Waals surface area contributed by atoms with Gasteiger partial charge in [-0.05, 0) is 30.6 Å². The number of hydrogen-bond donors (Lipinski definition) is 0. The Morgan fingerprint density at radius 2 is 1.32 bits per heavy atom. The molecule has 0 saturated carbocycles. The highest BCUT2D eigenvalue weighted by atomic mass is 31.1. The largest absolute Gasteiger partial charge is 0.203 e. The van der Waals surface area contributed by atoms with Gasteiger partial charge in [-0.1, -0.05) is 66.7 Å². The van der Waals surface area contributed by atoms with Crippen LogP contribution in [-0.2, 0) is 0 Å². The monoisotopic (exact) mass is 421 g/mol. The zero-order chi connectivity index (χ0) is 21.3. The van der Waals surface area contributed by atoms with Gasteiger partial charge >= 0.3 is 0 Å². The van der Waals surface area contributed by atoms with E-state index in [1.165, 1.54) is 12.8 Å². The second-order valence-corrected chi connectivity index (χ2v) is 11.1. The minimum Gasteiger partial charge on any atom is -0.203 e. The smallest absolute Gasteiger partial charge is 0.203 e. The maximum atomic E-state index is 14.5. The summed E-state index contributed by atoms with van der Waals surface area (Å²) in [4.78, 5) is 0. The summed E-state index contributed by atoms with van der Waals surface area (Å²) in [6, 6.07) is 0.916. The molecular weight excluding hydrogens is 383 g/mol. The van der Waals surface area contributed by atoms with Crippen LogP contribution in [0.1, 0.15) is 79.6 Å². The summed E-state index contributed by atoms with van der Waals surface area (Å²) in [7, 11) is -1.52. The molecule has 28 heavy (non-hydrogen) atoms. The maximum absolute atomic E-state index is 14.5. The van der Waals surface area contributed by atoms with E-state index in [1.807, 2.05) is 0 Å². The van der Waals surface area contributed by atoms with Crippen molar-refractivity contribution in [2.24, 2.45) is 17.8 Å². The molecule has 0 saturated heterocycles. The first-order valence-corrected chi connectivity index (χ1v) is 12.8. The van der Waals surface area contributed by atoms with E-state index in [0.29, 0.717) is 17.8 Å². The molecule has 0 aliphatic rings. The van der Waals surface area contributed by atoms with Crippen molar-refractivity contribution in [1.82, 2.24) is 0 Å². The fourth-order valence-corrected chi connectivity index (χ4v) is 7.60. The molecule has 0 aromatic heterocycles. The fourth-order valence-electron chi connectivity index (χ4n) is 4.15. The molecule has 1 rings (SSSR count). The van der Waals surface area contributed by atoms with E-state index >= 15 is 0 Å². The quantitative estimate of drug-likeness (QED) is 0.132. The van der Waals surface area contributed by atoms with Crippen LogP contribution in [-0.4, -0.2) is 12.3 Å². The molecule has 0 heterocycles. The Balaban J connectivity index is 2.97. The van der Waals surface area contributed by atoms with E-state index < -0.39 is 31.2 Å². The Morgan fingerprint density at radius 1 is 0.750 bits per heavy atom. The molecule has 1 aromatic carbocycles. The fraction of sp³-hybridized carbons (Fsp3) is 0.739. The lowest BCUT2D eigenvalue weighted by Crippen LogP contribution is -2.20. The molecule has 0 bridgehead atoms. The van der Waals surface area contributed by atoms with E-state index in [4.69, 9.17) is 0 Å². The van der Waals surface area contributed by atoms with Crippen molar-refractivity contribution in [2.75, 3.05) is 12.3 Å². The van der Waals surface area contributed by atoms with Gasteiger partial charge in [-0.25, -0.2) is 13.2 Å². The average molecular weight is 422 g/mol. The van der Waals surface area contributed by atoms with Crippen LogP contribution in [0.3, 0.4) is 0 Å². The van der Waals surface area contributed by atoms with Crippen molar-refractivity contribution in [1.29, 1.82) is 0 Å². The van der Waals surface area contributed by atoms with Gasteiger partial charge in [0.1, 0.15) is 5.30 Å². The summed E-state index contributed by atoms with van der Waals surface area (Å²) in [6.45, 7) is 10.8. The summed E-state index contributed by atoms with van der Waals surface area (Å²) < 4.78 is 55.6. The zero-order valence-corrected chi connectivity index (χ0v) is 19.2. The summed E-state index contributed by atoms with van der Waals surface area (Å²) in [5, 5.41) is 0.0943. The normalized spacial score (nSPS) is 16.0. The van der Waals surface area contributed by atoms with Crippen molar-refractivity contribution >= 4 is 13.2 Å². The molecule has 0 aliphatic heterocycles. The van der Waals surface area contributed by atoms with Gasteiger partial charge in [-0.2, -0.15) is 4.39 Å². The summed E-state index contributed by atoms with van der Waals surface area (Å²) >= 11 is 0. The summed E-state index contributed by atoms with van der Waals surface area (Å²) in [5.41, 5.74) is 0. The lowest BCUT2D eigenvalue weighted by Gasteiger charge is -2.21. The number of halogens is 4. The first kappa shape index (κ1) is 25.4. The zero-order valence-electron chi connectivity index (χ0n) is 18.2. The molecule has 0 nitrogen and oxygen atoms in total. The van der Waals surface area contributed by atoms with Gasteiger partial charge in [0.05, 0.1) is 12.3 Å². The Morgan fingerprint density at radius 3 is 1.86 bits per heavy atom. The highest BCUT2D eigenvalue weighted by Gasteiger charge is 2.32. The van der Waals surface area contributed by atoms with Crippen LogP contribution < -0.4 is 5.30 Å². The van der Waals surface area contributed by atoms with E-state index in [2.05, 4.69) is 34.6 Å². The van der Waals surface area contributed by atoms with Gasteiger partial charge in [0.15, 0.2) is 11.6 Å². The minimum absolute atomic E-state index is 0.0943. The molecule has 162 valence electrons. The number of hydrogen-bond acceptors (Lipinski definition) is 0. The van der Waals surface area contributed by atoms with Crippen LogP contribution in [0, 0.1) is 41.0 Å². The van der Waals surface area contributed by atoms with Crippen LogP contribution in [0.5, 0.6) is 0 Å². The first-order chi connectivity index (χ1) is 13.2. The second-order valence-electron chi connectivity index (χ2n) is 8.50. The molecule has 4 atom stereocenters. The summed E-state index contributed by atoms with van der Waals surface area (Å²) in [5.74, 6) is -4.39. The lowest BCUT2D eigenvalue weighted by atomic mass is 9.92. The van der Waals surface area contributed by atoms with E-state index in [-0.39, 0.29) is 5.30 Å². The Kier molecular flexibility index (Phi) is 11.6. The van der Waals surface area contributed by atoms with Gasteiger partial charge in [0, 0.05) is 14.0 Å². The lowest BCUT2D eigenvalue weighted by molar-refractivity contribution is 0.389. The highest BCUT2D eigenvalue weighted by Crippen LogP contribution is 2.42. The third-order valence-electron chi connectivity index (χ3n) is 5.80. The average Bonchev–Trinajstić information content (AvgIpc) is 2.66. The first-order valence-electron chi connectivity index (χ1n) is 10.9. The molecular formula is C23H38F4P+. The van der Waals surface area contributed by atoms with E-state index in [1.54, 1.807) is 0 Å². The third-order valence-corrected chi connectivity index (χ3v) is 9.30. The van der Waals surface area contributed by atoms with Gasteiger partial charge in [-0.3, -0.25) is 0 Å². The molecule has 0 spiro atoms. The Bertz CT molecular complexity index is 590. The predicted molar refractivity (Wildman–Crippen MR) is 115 cm³/mol. The van der Waals surface area contributed by atoms with Crippen molar-refractivity contribution in [2.45, 2.75) is 79.6 Å². The van der Waals surface area contributed by atoms with E-state index in [9.17, 15) is 17.6 Å². The van der Waals surface area contributed by atoms with Crippen molar-refractivity contribution in [3.05, 3.63) is 29.3 Å². The van der Waals surface area contributed by atoms with Crippen LogP contribution in [0.15, 0.2) is 6.07 Å². The van der Waals surface area contributed by atoms with Crippen molar-refractivity contribution < 1.29 is 17.6 Å². The van der Waals surface area contributed by atoms with Crippen LogP contribution >= 0.6 is 7.92 Å². The molecule has 0 radical (unpaired) electrons. The van der Waals surface area contributed by atoms with Gasteiger partial charge in [-0.15, -0.1) is 0 Å². The van der Waals surface area contributed by atoms with Gasteiger partial charge < -0.3 is 0 Å². The van der Waals surface area contributed by atoms with Crippen LogP contribution in [0.2, 0.25) is 0 Å². The van der Waals surface area contributed by atoms with Gasteiger partial charge in [0.2, 0.25) is 11.6 Å².